The van der Waals surface area contributed by atoms with Crippen molar-refractivity contribution in [3.63, 3.8) is 0 Å². The first-order valence-electron chi connectivity index (χ1n) is 14.1. The molecule has 1 unspecified atom stereocenters. The zero-order valence-corrected chi connectivity index (χ0v) is 26.1. The maximum absolute atomic E-state index is 13.6. The zero-order valence-electron chi connectivity index (χ0n) is 24.5. The number of hydrogen-bond acceptors (Lipinski definition) is 7. The number of nitro groups is 1. The number of hydrogen-bond donors (Lipinski definition) is 3. The standard InChI is InChI=1S/C35H28N4O5S2/c1-23-12-15-28(39(43)44)21-30(23)37-35(42)32(25-8-4-2-5-9-25)46-29-16-13-27(14-17-29)36-34(41)31(20-24-18-19-45-22-24)38-33(40)26-10-6-3-7-11-26/h2-22,32H,1H3,(H,36,41)(H,37,42)(H,38,40)/b31-20-. The number of amides is 3. The predicted octanol–water partition coefficient (Wildman–Crippen LogP) is 7.85. The van der Waals surface area contributed by atoms with E-state index in [1.807, 2.05) is 47.2 Å². The highest BCUT2D eigenvalue weighted by molar-refractivity contribution is 8.00. The van der Waals surface area contributed by atoms with E-state index < -0.39 is 22.0 Å². The second kappa shape index (κ2) is 15.0. The number of thioether (sulfide) groups is 1. The summed E-state index contributed by atoms with van der Waals surface area (Å²) in [5, 5.41) is 22.8. The highest BCUT2D eigenvalue weighted by Gasteiger charge is 2.24. The molecule has 1 heterocycles. The van der Waals surface area contributed by atoms with Gasteiger partial charge in [0.1, 0.15) is 10.9 Å². The smallest absolute Gasteiger partial charge is 0.272 e. The molecule has 46 heavy (non-hydrogen) atoms. The molecule has 0 fully saturated rings. The Labute approximate surface area is 273 Å². The van der Waals surface area contributed by atoms with Crippen LogP contribution >= 0.6 is 23.1 Å². The molecule has 4 aromatic carbocycles. The van der Waals surface area contributed by atoms with E-state index in [9.17, 15) is 24.5 Å². The van der Waals surface area contributed by atoms with Crippen LogP contribution in [0.1, 0.15) is 32.3 Å². The average Bonchev–Trinajstić information content (AvgIpc) is 3.59. The fraction of sp³-hybridized carbons (Fsp3) is 0.0571. The summed E-state index contributed by atoms with van der Waals surface area (Å²) in [6, 6.07) is 31.0. The molecule has 9 nitrogen and oxygen atoms in total. The van der Waals surface area contributed by atoms with Crippen LogP contribution in [-0.4, -0.2) is 22.6 Å². The molecule has 5 rings (SSSR count). The highest BCUT2D eigenvalue weighted by Crippen LogP contribution is 2.37. The molecular weight excluding hydrogens is 621 g/mol. The van der Waals surface area contributed by atoms with Crippen molar-refractivity contribution in [2.24, 2.45) is 0 Å². The maximum atomic E-state index is 13.6. The van der Waals surface area contributed by atoms with Gasteiger partial charge in [-0.2, -0.15) is 11.3 Å². The van der Waals surface area contributed by atoms with Gasteiger partial charge in [-0.3, -0.25) is 24.5 Å². The van der Waals surface area contributed by atoms with Crippen LogP contribution in [-0.2, 0) is 9.59 Å². The van der Waals surface area contributed by atoms with Gasteiger partial charge in [0.05, 0.1) is 10.6 Å². The Kier molecular flexibility index (Phi) is 10.4. The molecule has 5 aromatic rings. The Bertz CT molecular complexity index is 1880. The summed E-state index contributed by atoms with van der Waals surface area (Å²) in [7, 11) is 0. The second-order valence-electron chi connectivity index (χ2n) is 10.1. The third kappa shape index (κ3) is 8.35. The van der Waals surface area contributed by atoms with Crippen LogP contribution in [0.5, 0.6) is 0 Å². The molecule has 0 aliphatic carbocycles. The molecule has 230 valence electrons. The van der Waals surface area contributed by atoms with Gasteiger partial charge in [0.15, 0.2) is 0 Å². The summed E-state index contributed by atoms with van der Waals surface area (Å²) in [5.41, 5.74) is 3.48. The largest absolute Gasteiger partial charge is 0.324 e. The number of rotatable bonds is 11. The second-order valence-corrected chi connectivity index (χ2v) is 12.0. The van der Waals surface area contributed by atoms with Gasteiger partial charge < -0.3 is 16.0 Å². The summed E-state index contributed by atoms with van der Waals surface area (Å²) in [6.45, 7) is 1.77. The molecule has 11 heteroatoms. The van der Waals surface area contributed by atoms with E-state index in [0.717, 1.165) is 16.0 Å². The van der Waals surface area contributed by atoms with Crippen LogP contribution in [0.25, 0.3) is 6.08 Å². The van der Waals surface area contributed by atoms with E-state index in [1.165, 1.54) is 35.2 Å². The molecule has 1 atom stereocenters. The zero-order chi connectivity index (χ0) is 32.5. The number of carbonyl (C=O) groups excluding carboxylic acids is 3. The Hall–Kier alpha value is -5.52. The van der Waals surface area contributed by atoms with Crippen LogP contribution in [0.2, 0.25) is 0 Å². The molecule has 0 spiro atoms. The third-order valence-corrected chi connectivity index (χ3v) is 8.75. The van der Waals surface area contributed by atoms with Crippen molar-refractivity contribution in [3.8, 4) is 0 Å². The lowest BCUT2D eigenvalue weighted by molar-refractivity contribution is -0.384. The van der Waals surface area contributed by atoms with E-state index in [4.69, 9.17) is 0 Å². The molecule has 0 radical (unpaired) electrons. The molecule has 1 aromatic heterocycles. The number of nitrogens with one attached hydrogen (secondary N) is 3. The number of benzene rings is 4. The first-order chi connectivity index (χ1) is 22.3. The topological polar surface area (TPSA) is 130 Å². The average molecular weight is 649 g/mol. The van der Waals surface area contributed by atoms with E-state index >= 15 is 0 Å². The Morgan fingerprint density at radius 3 is 2.22 bits per heavy atom. The highest BCUT2D eigenvalue weighted by atomic mass is 32.2. The summed E-state index contributed by atoms with van der Waals surface area (Å²) in [5.74, 6) is -1.24. The van der Waals surface area contributed by atoms with Gasteiger partial charge >= 0.3 is 0 Å². The predicted molar refractivity (Wildman–Crippen MR) is 183 cm³/mol. The SMILES string of the molecule is Cc1ccc([N+](=O)[O-])cc1NC(=O)C(Sc1ccc(NC(=O)/C(=C/c2ccsc2)NC(=O)c2ccccc2)cc1)c1ccccc1. The monoisotopic (exact) mass is 648 g/mol. The minimum Gasteiger partial charge on any atom is -0.324 e. The number of non-ortho nitro benzene ring substituents is 1. The molecule has 0 aliphatic heterocycles. The van der Waals surface area contributed by atoms with Crippen LogP contribution in [0.4, 0.5) is 17.1 Å². The van der Waals surface area contributed by atoms with Gasteiger partial charge in [-0.25, -0.2) is 0 Å². The fourth-order valence-electron chi connectivity index (χ4n) is 4.37. The van der Waals surface area contributed by atoms with Crippen molar-refractivity contribution in [1.29, 1.82) is 0 Å². The fourth-order valence-corrected chi connectivity index (χ4v) is 6.02. The first kappa shape index (κ1) is 31.9. The molecule has 3 amide bonds. The quantitative estimate of drug-likeness (QED) is 0.0579. The summed E-state index contributed by atoms with van der Waals surface area (Å²) in [4.78, 5) is 51.3. The molecule has 0 saturated heterocycles. The van der Waals surface area contributed by atoms with Crippen LogP contribution in [0.3, 0.4) is 0 Å². The number of thiophene rings is 1. The summed E-state index contributed by atoms with van der Waals surface area (Å²) < 4.78 is 0. The minimum atomic E-state index is -0.673. The molecule has 0 bridgehead atoms. The normalized spacial score (nSPS) is 11.7. The first-order valence-corrected chi connectivity index (χ1v) is 15.9. The van der Waals surface area contributed by atoms with Crippen molar-refractivity contribution < 1.29 is 19.3 Å². The van der Waals surface area contributed by atoms with Crippen LogP contribution < -0.4 is 16.0 Å². The van der Waals surface area contributed by atoms with Crippen molar-refractivity contribution >= 4 is 64.0 Å². The summed E-state index contributed by atoms with van der Waals surface area (Å²) in [6.07, 6.45) is 1.61. The number of nitro benzene ring substituents is 1. The van der Waals surface area contributed by atoms with Gasteiger partial charge in [-0.1, -0.05) is 54.6 Å². The minimum absolute atomic E-state index is 0.0861. The molecule has 0 aliphatic rings. The maximum Gasteiger partial charge on any atom is 0.272 e. The van der Waals surface area contributed by atoms with Gasteiger partial charge in [-0.05, 0) is 82.9 Å². The van der Waals surface area contributed by atoms with Gasteiger partial charge in [0, 0.05) is 28.3 Å². The third-order valence-electron chi connectivity index (χ3n) is 6.78. The van der Waals surface area contributed by atoms with E-state index in [0.29, 0.717) is 22.5 Å². The van der Waals surface area contributed by atoms with Gasteiger partial charge in [-0.15, -0.1) is 11.8 Å². The van der Waals surface area contributed by atoms with Crippen molar-refractivity contribution in [2.45, 2.75) is 17.1 Å². The number of anilines is 2. The van der Waals surface area contributed by atoms with Gasteiger partial charge in [0.25, 0.3) is 17.5 Å². The number of carbonyl (C=O) groups is 3. The number of aryl methyl sites for hydroxylation is 1. The van der Waals surface area contributed by atoms with Crippen LogP contribution in [0.15, 0.2) is 131 Å². The van der Waals surface area contributed by atoms with Crippen molar-refractivity contribution in [3.05, 3.63) is 158 Å². The molecule has 3 N–H and O–H groups in total. The molecular formula is C35H28N4O5S2. The van der Waals surface area contributed by atoms with E-state index in [-0.39, 0.29) is 17.3 Å². The van der Waals surface area contributed by atoms with E-state index in [2.05, 4.69) is 16.0 Å². The Morgan fingerprint density at radius 2 is 1.57 bits per heavy atom. The lowest BCUT2D eigenvalue weighted by Crippen LogP contribution is -2.30. The lowest BCUT2D eigenvalue weighted by Gasteiger charge is -2.18. The van der Waals surface area contributed by atoms with Crippen molar-refractivity contribution in [1.82, 2.24) is 5.32 Å². The van der Waals surface area contributed by atoms with E-state index in [1.54, 1.807) is 73.7 Å². The lowest BCUT2D eigenvalue weighted by atomic mass is 10.1. The Morgan fingerprint density at radius 1 is 0.870 bits per heavy atom. The van der Waals surface area contributed by atoms with Crippen LogP contribution in [0, 0.1) is 17.0 Å². The summed E-state index contributed by atoms with van der Waals surface area (Å²) >= 11 is 2.78. The van der Waals surface area contributed by atoms with Gasteiger partial charge in [0.2, 0.25) is 5.91 Å². The molecule has 0 saturated carbocycles. The van der Waals surface area contributed by atoms with Crippen molar-refractivity contribution in [2.75, 3.05) is 10.6 Å². The number of nitrogens with zero attached hydrogens (tertiary/aromatic N) is 1. The Balaban J connectivity index is 1.32.